The van der Waals surface area contributed by atoms with Crippen LogP contribution in [-0.4, -0.2) is 19.7 Å². The van der Waals surface area contributed by atoms with Crippen LogP contribution in [0.2, 0.25) is 0 Å². The highest BCUT2D eigenvalue weighted by Gasteiger charge is 2.12. The molecule has 0 fully saturated rings. The van der Waals surface area contributed by atoms with Crippen LogP contribution in [0.25, 0.3) is 27.0 Å². The van der Waals surface area contributed by atoms with Crippen molar-refractivity contribution >= 4 is 33.6 Å². The maximum Gasteiger partial charge on any atom is 0.348 e. The van der Waals surface area contributed by atoms with Gasteiger partial charge in [-0.05, 0) is 30.7 Å². The molecule has 1 aromatic carbocycles. The van der Waals surface area contributed by atoms with Gasteiger partial charge in [-0.3, -0.25) is 0 Å². The predicted molar refractivity (Wildman–Crippen MR) is 91.7 cm³/mol. The number of aliphatic hydroxyl groups is 1. The van der Waals surface area contributed by atoms with Gasteiger partial charge in [-0.25, -0.2) is 14.3 Å². The lowest BCUT2D eigenvalue weighted by atomic mass is 10.1. The van der Waals surface area contributed by atoms with Crippen LogP contribution >= 0.6 is 11.3 Å². The maximum absolute atomic E-state index is 12.0. The normalized spacial score (nSPS) is 13.0. The third-order valence-corrected chi connectivity index (χ3v) is 5.16. The van der Waals surface area contributed by atoms with Gasteiger partial charge in [0.1, 0.15) is 0 Å². The number of benzene rings is 1. The van der Waals surface area contributed by atoms with Crippen molar-refractivity contribution in [1.29, 1.82) is 0 Å². The molecule has 0 radical (unpaired) electrons. The fraction of sp³-hybridized carbons (Fsp3) is 0.125. The lowest BCUT2D eigenvalue weighted by Gasteiger charge is -2.06. The standard InChI is InChI=1S/C16H14N4O2S/c1-8(21)13-4-5-14(23-13)9-2-3-10-11(17)7-15-18-19-16(22)20(15)12(10)6-9/h2-8,21H,17H2,1H3,(H,19,22). The Morgan fingerprint density at radius 1 is 1.30 bits per heavy atom. The minimum atomic E-state index is -0.493. The van der Waals surface area contributed by atoms with Gasteiger partial charge in [-0.15, -0.1) is 11.3 Å². The number of aliphatic hydroxyl groups excluding tert-OH is 1. The second-order valence-electron chi connectivity index (χ2n) is 5.43. The number of aromatic amines is 1. The van der Waals surface area contributed by atoms with E-state index in [1.54, 1.807) is 13.0 Å². The van der Waals surface area contributed by atoms with E-state index in [0.717, 1.165) is 20.7 Å². The SMILES string of the molecule is CC(O)c1ccc(-c2ccc3c(N)cc4n[nH]c(=O)n4c3c2)s1. The van der Waals surface area contributed by atoms with Gasteiger partial charge in [0, 0.05) is 26.9 Å². The van der Waals surface area contributed by atoms with Gasteiger partial charge in [-0.1, -0.05) is 12.1 Å². The number of nitrogens with two attached hydrogens (primary N) is 1. The summed E-state index contributed by atoms with van der Waals surface area (Å²) in [6.45, 7) is 1.74. The number of hydrogen-bond donors (Lipinski definition) is 3. The van der Waals surface area contributed by atoms with Crippen LogP contribution in [-0.2, 0) is 0 Å². The van der Waals surface area contributed by atoms with E-state index in [-0.39, 0.29) is 5.69 Å². The molecule has 3 aromatic heterocycles. The van der Waals surface area contributed by atoms with Gasteiger partial charge in [0.25, 0.3) is 0 Å². The number of nitrogens with zero attached hydrogens (tertiary/aromatic N) is 2. The van der Waals surface area contributed by atoms with Crippen LogP contribution in [0, 0.1) is 0 Å². The van der Waals surface area contributed by atoms with Crippen molar-refractivity contribution in [3.8, 4) is 10.4 Å². The molecule has 1 unspecified atom stereocenters. The topological polar surface area (TPSA) is 96.4 Å². The van der Waals surface area contributed by atoms with Gasteiger partial charge >= 0.3 is 5.69 Å². The van der Waals surface area contributed by atoms with E-state index >= 15 is 0 Å². The summed E-state index contributed by atoms with van der Waals surface area (Å²) in [7, 11) is 0. The van der Waals surface area contributed by atoms with E-state index in [2.05, 4.69) is 10.2 Å². The quantitative estimate of drug-likeness (QED) is 0.527. The summed E-state index contributed by atoms with van der Waals surface area (Å²) in [5.74, 6) is 0. The van der Waals surface area contributed by atoms with Gasteiger partial charge in [0.2, 0.25) is 0 Å². The second-order valence-corrected chi connectivity index (χ2v) is 6.55. The van der Waals surface area contributed by atoms with Crippen molar-refractivity contribution in [3.63, 3.8) is 0 Å². The number of pyridine rings is 1. The zero-order chi connectivity index (χ0) is 16.1. The van der Waals surface area contributed by atoms with E-state index < -0.39 is 6.10 Å². The first-order valence-electron chi connectivity index (χ1n) is 7.12. The Hall–Kier alpha value is -2.64. The molecule has 4 aromatic rings. The third kappa shape index (κ3) is 2.13. The van der Waals surface area contributed by atoms with Crippen molar-refractivity contribution < 1.29 is 5.11 Å². The summed E-state index contributed by atoms with van der Waals surface area (Å²) in [5.41, 5.74) is 8.52. The summed E-state index contributed by atoms with van der Waals surface area (Å²) in [6, 6.07) is 11.3. The number of nitrogen functional groups attached to an aromatic ring is 1. The zero-order valence-electron chi connectivity index (χ0n) is 12.3. The van der Waals surface area contributed by atoms with Crippen LogP contribution < -0.4 is 11.4 Å². The number of fused-ring (bicyclic) bond motifs is 3. The van der Waals surface area contributed by atoms with E-state index in [1.807, 2.05) is 30.3 Å². The molecular formula is C16H14N4O2S. The monoisotopic (exact) mass is 326 g/mol. The highest BCUT2D eigenvalue weighted by molar-refractivity contribution is 7.15. The number of aromatic nitrogens is 3. The van der Waals surface area contributed by atoms with Crippen molar-refractivity contribution in [2.75, 3.05) is 5.73 Å². The van der Waals surface area contributed by atoms with Gasteiger partial charge in [-0.2, -0.15) is 5.10 Å². The summed E-state index contributed by atoms with van der Waals surface area (Å²) < 4.78 is 1.51. The molecule has 7 heteroatoms. The Morgan fingerprint density at radius 3 is 2.87 bits per heavy atom. The lowest BCUT2D eigenvalue weighted by Crippen LogP contribution is -2.10. The molecular weight excluding hydrogens is 312 g/mol. The summed E-state index contributed by atoms with van der Waals surface area (Å²) in [5, 5.41) is 16.9. The largest absolute Gasteiger partial charge is 0.398 e. The highest BCUT2D eigenvalue weighted by Crippen LogP contribution is 2.34. The van der Waals surface area contributed by atoms with Crippen LogP contribution in [0.5, 0.6) is 0 Å². The average Bonchev–Trinajstić information content (AvgIpc) is 3.14. The first-order chi connectivity index (χ1) is 11.0. The molecule has 0 spiro atoms. The minimum Gasteiger partial charge on any atom is -0.398 e. The molecule has 0 amide bonds. The van der Waals surface area contributed by atoms with Gasteiger partial charge < -0.3 is 10.8 Å². The van der Waals surface area contributed by atoms with Crippen molar-refractivity contribution in [1.82, 2.24) is 14.6 Å². The van der Waals surface area contributed by atoms with Crippen LogP contribution in [0.4, 0.5) is 5.69 Å². The molecule has 0 saturated carbocycles. The Labute approximate surface area is 134 Å². The van der Waals surface area contributed by atoms with Gasteiger partial charge in [0.15, 0.2) is 5.65 Å². The second kappa shape index (κ2) is 4.94. The molecule has 4 N–H and O–H groups in total. The Bertz CT molecular complexity index is 1090. The number of hydrogen-bond acceptors (Lipinski definition) is 5. The first-order valence-corrected chi connectivity index (χ1v) is 7.94. The summed E-state index contributed by atoms with van der Waals surface area (Å²) >= 11 is 1.53. The predicted octanol–water partition coefficient (Wildman–Crippen LogP) is 2.54. The molecule has 23 heavy (non-hydrogen) atoms. The van der Waals surface area contributed by atoms with Crippen molar-refractivity contribution in [2.24, 2.45) is 0 Å². The molecule has 116 valence electrons. The van der Waals surface area contributed by atoms with Crippen LogP contribution in [0.15, 0.2) is 41.2 Å². The van der Waals surface area contributed by atoms with E-state index in [0.29, 0.717) is 16.9 Å². The molecule has 3 heterocycles. The smallest absolute Gasteiger partial charge is 0.348 e. The minimum absolute atomic E-state index is 0.294. The number of nitrogens with one attached hydrogen (secondary N) is 1. The molecule has 0 aliphatic carbocycles. The fourth-order valence-electron chi connectivity index (χ4n) is 2.70. The van der Waals surface area contributed by atoms with Gasteiger partial charge in [0.05, 0.1) is 11.6 Å². The number of thiophene rings is 1. The van der Waals surface area contributed by atoms with Crippen LogP contribution in [0.1, 0.15) is 17.9 Å². The lowest BCUT2D eigenvalue weighted by molar-refractivity contribution is 0.203. The number of rotatable bonds is 2. The number of H-pyrrole nitrogens is 1. The zero-order valence-corrected chi connectivity index (χ0v) is 13.1. The maximum atomic E-state index is 12.0. The van der Waals surface area contributed by atoms with E-state index in [4.69, 9.17) is 5.73 Å². The molecule has 1 atom stereocenters. The van der Waals surface area contributed by atoms with E-state index in [9.17, 15) is 9.90 Å². The first kappa shape index (κ1) is 14.0. The average molecular weight is 326 g/mol. The Morgan fingerprint density at radius 2 is 2.13 bits per heavy atom. The van der Waals surface area contributed by atoms with Crippen molar-refractivity contribution in [2.45, 2.75) is 13.0 Å². The molecule has 0 aliphatic rings. The highest BCUT2D eigenvalue weighted by atomic mass is 32.1. The fourth-order valence-corrected chi connectivity index (χ4v) is 3.64. The van der Waals surface area contributed by atoms with Crippen molar-refractivity contribution in [3.05, 3.63) is 51.8 Å². The molecule has 4 rings (SSSR count). The summed E-state index contributed by atoms with van der Waals surface area (Å²) in [4.78, 5) is 13.9. The Kier molecular flexibility index (Phi) is 3.00. The van der Waals surface area contributed by atoms with Crippen LogP contribution in [0.3, 0.4) is 0 Å². The Balaban J connectivity index is 2.00. The molecule has 0 saturated heterocycles. The molecule has 0 bridgehead atoms. The number of anilines is 1. The third-order valence-electron chi connectivity index (χ3n) is 3.86. The summed E-state index contributed by atoms with van der Waals surface area (Å²) in [6.07, 6.45) is -0.493. The molecule has 6 nitrogen and oxygen atoms in total. The molecule has 0 aliphatic heterocycles. The van der Waals surface area contributed by atoms with E-state index in [1.165, 1.54) is 15.7 Å².